The summed E-state index contributed by atoms with van der Waals surface area (Å²) in [7, 11) is 0. The molecule has 0 aliphatic rings. The molecule has 0 aliphatic heterocycles. The third-order valence-electron chi connectivity index (χ3n) is 2.96. The summed E-state index contributed by atoms with van der Waals surface area (Å²) in [5.41, 5.74) is 0.214. The standard InChI is InChI=1S/C18H22O5/c1-3-5-6-10-13-23-17(20)15(14-11-8-7-9-12-14)16(19)18(21)22-4-2/h3,5,7-9,11-12,19H,4,6,10,13H2,1-2H3/b5-3-,16-15-. The highest BCUT2D eigenvalue weighted by molar-refractivity contribution is 6.21. The van der Waals surface area contributed by atoms with E-state index in [1.54, 1.807) is 37.3 Å². The van der Waals surface area contributed by atoms with Gasteiger partial charge in [0.2, 0.25) is 5.76 Å². The lowest BCUT2D eigenvalue weighted by molar-refractivity contribution is -0.143. The van der Waals surface area contributed by atoms with Crippen LogP contribution in [0.4, 0.5) is 0 Å². The van der Waals surface area contributed by atoms with E-state index in [0.717, 1.165) is 6.42 Å². The molecule has 124 valence electrons. The smallest absolute Gasteiger partial charge is 0.374 e. The molecule has 5 heteroatoms. The highest BCUT2D eigenvalue weighted by Crippen LogP contribution is 2.20. The van der Waals surface area contributed by atoms with E-state index in [1.165, 1.54) is 0 Å². The molecule has 0 heterocycles. The van der Waals surface area contributed by atoms with Crippen molar-refractivity contribution in [2.24, 2.45) is 0 Å². The van der Waals surface area contributed by atoms with Crippen molar-refractivity contribution in [3.8, 4) is 0 Å². The normalized spacial score (nSPS) is 11.9. The molecular weight excluding hydrogens is 296 g/mol. The van der Waals surface area contributed by atoms with Crippen LogP contribution in [0.2, 0.25) is 0 Å². The van der Waals surface area contributed by atoms with Crippen molar-refractivity contribution in [3.05, 3.63) is 53.8 Å². The van der Waals surface area contributed by atoms with Gasteiger partial charge in [0.05, 0.1) is 13.2 Å². The molecule has 0 saturated heterocycles. The first-order chi connectivity index (χ1) is 11.1. The summed E-state index contributed by atoms with van der Waals surface area (Å²) in [6.07, 6.45) is 5.35. The molecule has 0 fully saturated rings. The van der Waals surface area contributed by atoms with Crippen molar-refractivity contribution < 1.29 is 24.2 Å². The zero-order chi connectivity index (χ0) is 17.1. The zero-order valence-corrected chi connectivity index (χ0v) is 13.5. The number of allylic oxidation sites excluding steroid dienone is 2. The number of hydrogen-bond donors (Lipinski definition) is 1. The maximum absolute atomic E-state index is 12.3. The molecule has 0 amide bonds. The van der Waals surface area contributed by atoms with Gasteiger partial charge < -0.3 is 14.6 Å². The summed E-state index contributed by atoms with van der Waals surface area (Å²) in [4.78, 5) is 24.0. The Morgan fingerprint density at radius 1 is 1.13 bits per heavy atom. The van der Waals surface area contributed by atoms with Crippen LogP contribution in [0.25, 0.3) is 5.57 Å². The van der Waals surface area contributed by atoms with Gasteiger partial charge in [0.15, 0.2) is 0 Å². The van der Waals surface area contributed by atoms with E-state index < -0.39 is 17.7 Å². The molecule has 0 aromatic heterocycles. The summed E-state index contributed by atoms with van der Waals surface area (Å²) in [6, 6.07) is 8.41. The van der Waals surface area contributed by atoms with Gasteiger partial charge in [-0.25, -0.2) is 9.59 Å². The highest BCUT2D eigenvalue weighted by Gasteiger charge is 2.24. The second-order valence-corrected chi connectivity index (χ2v) is 4.66. The minimum atomic E-state index is -0.947. The maximum Gasteiger partial charge on any atom is 0.374 e. The molecule has 0 atom stereocenters. The monoisotopic (exact) mass is 318 g/mol. The fourth-order valence-corrected chi connectivity index (χ4v) is 1.86. The second-order valence-electron chi connectivity index (χ2n) is 4.66. The quantitative estimate of drug-likeness (QED) is 0.261. The number of unbranched alkanes of at least 4 members (excludes halogenated alkanes) is 1. The molecule has 0 spiro atoms. The fourth-order valence-electron chi connectivity index (χ4n) is 1.86. The Kier molecular flexibility index (Phi) is 8.21. The lowest BCUT2D eigenvalue weighted by Crippen LogP contribution is -2.16. The maximum atomic E-state index is 12.3. The van der Waals surface area contributed by atoms with Gasteiger partial charge in [-0.05, 0) is 32.3 Å². The predicted molar refractivity (Wildman–Crippen MR) is 87.6 cm³/mol. The van der Waals surface area contributed by atoms with Gasteiger partial charge >= 0.3 is 11.9 Å². The minimum Gasteiger partial charge on any atom is -0.501 e. The Morgan fingerprint density at radius 3 is 2.43 bits per heavy atom. The summed E-state index contributed by atoms with van der Waals surface area (Å²) < 4.78 is 9.91. The molecule has 1 aromatic rings. The SMILES string of the molecule is C/C=C\CCCOC(=O)/C(=C(\O)C(=O)OCC)c1ccccc1. The van der Waals surface area contributed by atoms with E-state index in [4.69, 9.17) is 9.47 Å². The Balaban J connectivity index is 2.94. The van der Waals surface area contributed by atoms with Crippen LogP contribution in [0.3, 0.4) is 0 Å². The third kappa shape index (κ3) is 5.98. The van der Waals surface area contributed by atoms with Gasteiger partial charge in [0.1, 0.15) is 5.57 Å². The zero-order valence-electron chi connectivity index (χ0n) is 13.5. The number of carbonyl (C=O) groups excluding carboxylic acids is 2. The Labute approximate surface area is 136 Å². The lowest BCUT2D eigenvalue weighted by atomic mass is 10.0. The average Bonchev–Trinajstić information content (AvgIpc) is 2.56. The van der Waals surface area contributed by atoms with Gasteiger partial charge in [-0.3, -0.25) is 0 Å². The molecule has 0 radical (unpaired) electrons. The number of hydrogen-bond acceptors (Lipinski definition) is 5. The molecule has 1 aromatic carbocycles. The van der Waals surface area contributed by atoms with Crippen LogP contribution in [-0.2, 0) is 19.1 Å². The van der Waals surface area contributed by atoms with Crippen LogP contribution in [0.15, 0.2) is 48.2 Å². The van der Waals surface area contributed by atoms with Crippen molar-refractivity contribution in [2.75, 3.05) is 13.2 Å². The molecular formula is C18H22O5. The van der Waals surface area contributed by atoms with Gasteiger partial charge in [0.25, 0.3) is 0 Å². The van der Waals surface area contributed by atoms with Crippen LogP contribution >= 0.6 is 0 Å². The molecule has 0 bridgehead atoms. The van der Waals surface area contributed by atoms with Crippen LogP contribution in [0, 0.1) is 0 Å². The third-order valence-corrected chi connectivity index (χ3v) is 2.96. The molecule has 1 N–H and O–H groups in total. The molecule has 0 aliphatic carbocycles. The number of esters is 2. The first-order valence-corrected chi connectivity index (χ1v) is 7.55. The molecule has 5 nitrogen and oxygen atoms in total. The average molecular weight is 318 g/mol. The Morgan fingerprint density at radius 2 is 1.83 bits per heavy atom. The Bertz CT molecular complexity index is 572. The fraction of sp³-hybridized carbons (Fsp3) is 0.333. The lowest BCUT2D eigenvalue weighted by Gasteiger charge is -2.10. The highest BCUT2D eigenvalue weighted by atomic mass is 16.5. The van der Waals surface area contributed by atoms with Crippen LogP contribution < -0.4 is 0 Å². The second kappa shape index (κ2) is 10.2. The van der Waals surface area contributed by atoms with Gasteiger partial charge in [0, 0.05) is 0 Å². The number of aliphatic hydroxyl groups excluding tert-OH is 1. The van der Waals surface area contributed by atoms with Crippen molar-refractivity contribution in [1.82, 2.24) is 0 Å². The van der Waals surface area contributed by atoms with Gasteiger partial charge in [-0.15, -0.1) is 0 Å². The number of rotatable bonds is 8. The molecule has 0 saturated carbocycles. The van der Waals surface area contributed by atoms with Crippen molar-refractivity contribution in [1.29, 1.82) is 0 Å². The van der Waals surface area contributed by atoms with Crippen LogP contribution in [-0.4, -0.2) is 30.3 Å². The first kappa shape index (κ1) is 18.5. The first-order valence-electron chi connectivity index (χ1n) is 7.55. The van der Waals surface area contributed by atoms with E-state index in [0.29, 0.717) is 12.0 Å². The van der Waals surface area contributed by atoms with Crippen molar-refractivity contribution in [2.45, 2.75) is 26.7 Å². The van der Waals surface area contributed by atoms with E-state index in [1.807, 2.05) is 19.1 Å². The summed E-state index contributed by atoms with van der Waals surface area (Å²) >= 11 is 0. The summed E-state index contributed by atoms with van der Waals surface area (Å²) in [5, 5.41) is 10.1. The summed E-state index contributed by atoms with van der Waals surface area (Å²) in [6.45, 7) is 3.84. The molecule has 23 heavy (non-hydrogen) atoms. The largest absolute Gasteiger partial charge is 0.501 e. The number of benzene rings is 1. The van der Waals surface area contributed by atoms with Crippen molar-refractivity contribution in [3.63, 3.8) is 0 Å². The van der Waals surface area contributed by atoms with Crippen LogP contribution in [0.1, 0.15) is 32.3 Å². The number of ether oxygens (including phenoxy) is 2. The van der Waals surface area contributed by atoms with E-state index in [-0.39, 0.29) is 18.8 Å². The Hall–Kier alpha value is -2.56. The minimum absolute atomic E-state index is 0.101. The molecule has 1 rings (SSSR count). The van der Waals surface area contributed by atoms with E-state index in [2.05, 4.69) is 0 Å². The van der Waals surface area contributed by atoms with E-state index >= 15 is 0 Å². The predicted octanol–water partition coefficient (Wildman–Crippen LogP) is 3.42. The topological polar surface area (TPSA) is 72.8 Å². The van der Waals surface area contributed by atoms with Crippen molar-refractivity contribution >= 4 is 17.5 Å². The van der Waals surface area contributed by atoms with Crippen LogP contribution in [0.5, 0.6) is 0 Å². The summed E-state index contributed by atoms with van der Waals surface area (Å²) in [5.74, 6) is -2.43. The number of aliphatic hydroxyl groups is 1. The van der Waals surface area contributed by atoms with Gasteiger partial charge in [-0.2, -0.15) is 0 Å². The van der Waals surface area contributed by atoms with E-state index in [9.17, 15) is 14.7 Å². The molecule has 0 unspecified atom stereocenters. The van der Waals surface area contributed by atoms with Gasteiger partial charge in [-0.1, -0.05) is 42.5 Å². The number of carbonyl (C=O) groups is 2.